The van der Waals surface area contributed by atoms with Gasteiger partial charge in [-0.15, -0.1) is 0 Å². The van der Waals surface area contributed by atoms with Gasteiger partial charge in [-0.25, -0.2) is 8.78 Å². The maximum atomic E-state index is 13.8. The Labute approximate surface area is 131 Å². The minimum atomic E-state index is -0.632. The number of hydrogen-bond acceptors (Lipinski definition) is 5. The van der Waals surface area contributed by atoms with E-state index in [1.807, 2.05) is 0 Å². The van der Waals surface area contributed by atoms with Gasteiger partial charge in [0, 0.05) is 5.56 Å². The van der Waals surface area contributed by atoms with Gasteiger partial charge in [0.2, 0.25) is 5.91 Å². The van der Waals surface area contributed by atoms with Crippen LogP contribution in [0, 0.1) is 18.6 Å². The number of aryl methyl sites for hydroxylation is 1. The highest BCUT2D eigenvalue weighted by atomic mass is 19.1. The highest BCUT2D eigenvalue weighted by Gasteiger charge is 2.17. The average molecular weight is 325 g/mol. The minimum Gasteiger partial charge on any atom is -0.362 e. The van der Waals surface area contributed by atoms with Crippen molar-refractivity contribution in [2.45, 2.75) is 32.9 Å². The van der Waals surface area contributed by atoms with Crippen molar-refractivity contribution in [2.75, 3.05) is 6.61 Å². The number of nitrogens with one attached hydrogen (secondary N) is 1. The van der Waals surface area contributed by atoms with E-state index in [9.17, 15) is 13.6 Å². The van der Waals surface area contributed by atoms with Crippen molar-refractivity contribution in [2.24, 2.45) is 0 Å². The summed E-state index contributed by atoms with van der Waals surface area (Å²) >= 11 is 0. The van der Waals surface area contributed by atoms with Gasteiger partial charge in [-0.2, -0.15) is 4.98 Å². The van der Waals surface area contributed by atoms with E-state index >= 15 is 0 Å². The average Bonchev–Trinajstić information content (AvgIpc) is 2.93. The first-order valence-corrected chi connectivity index (χ1v) is 7.10. The van der Waals surface area contributed by atoms with Crippen LogP contribution in [0.5, 0.6) is 0 Å². The number of halogens is 2. The fraction of sp³-hybridized carbons (Fsp3) is 0.400. The second-order valence-corrected chi connectivity index (χ2v) is 4.92. The van der Waals surface area contributed by atoms with Crippen LogP contribution in [0.4, 0.5) is 8.78 Å². The molecule has 1 N–H and O–H groups in total. The van der Waals surface area contributed by atoms with E-state index in [2.05, 4.69) is 15.5 Å². The molecule has 0 aliphatic heterocycles. The van der Waals surface area contributed by atoms with Crippen LogP contribution >= 0.6 is 0 Å². The van der Waals surface area contributed by atoms with Crippen molar-refractivity contribution in [3.63, 3.8) is 0 Å². The quantitative estimate of drug-likeness (QED) is 0.846. The van der Waals surface area contributed by atoms with E-state index < -0.39 is 23.6 Å². The summed E-state index contributed by atoms with van der Waals surface area (Å²) in [6.45, 7) is 3.17. The molecular formula is C15H17F2N3O3. The summed E-state index contributed by atoms with van der Waals surface area (Å²) in [5.74, 6) is -0.839. The predicted molar refractivity (Wildman–Crippen MR) is 76.2 cm³/mol. The molecule has 0 radical (unpaired) electrons. The lowest BCUT2D eigenvalue weighted by Crippen LogP contribution is -2.32. The number of carbonyl (C=O) groups excluding carboxylic acids is 1. The molecule has 1 amide bonds. The fourth-order valence-corrected chi connectivity index (χ4v) is 2.05. The summed E-state index contributed by atoms with van der Waals surface area (Å²) in [6, 6.07) is 2.51. The third-order valence-corrected chi connectivity index (χ3v) is 3.11. The van der Waals surface area contributed by atoms with E-state index in [-0.39, 0.29) is 24.7 Å². The maximum absolute atomic E-state index is 13.8. The molecule has 1 aromatic carbocycles. The molecule has 0 aliphatic rings. The third-order valence-electron chi connectivity index (χ3n) is 3.11. The van der Waals surface area contributed by atoms with E-state index in [1.165, 1.54) is 0 Å². The molecule has 23 heavy (non-hydrogen) atoms. The van der Waals surface area contributed by atoms with Crippen molar-refractivity contribution in [3.8, 4) is 0 Å². The second kappa shape index (κ2) is 7.77. The minimum absolute atomic E-state index is 0.000617. The van der Waals surface area contributed by atoms with Gasteiger partial charge in [0.05, 0.1) is 6.04 Å². The SMILES string of the molecule is CCC(NC(=O)COCc1nc(C)no1)c1cc(F)ccc1F. The molecule has 2 aromatic rings. The van der Waals surface area contributed by atoms with Crippen molar-refractivity contribution in [1.82, 2.24) is 15.5 Å². The smallest absolute Gasteiger partial charge is 0.252 e. The molecule has 0 aliphatic carbocycles. The van der Waals surface area contributed by atoms with E-state index in [1.54, 1.807) is 13.8 Å². The van der Waals surface area contributed by atoms with Crippen molar-refractivity contribution < 1.29 is 22.8 Å². The molecule has 1 heterocycles. The zero-order valence-electron chi connectivity index (χ0n) is 12.8. The van der Waals surface area contributed by atoms with Crippen molar-refractivity contribution in [1.29, 1.82) is 0 Å². The monoisotopic (exact) mass is 325 g/mol. The topological polar surface area (TPSA) is 77.2 Å². The summed E-state index contributed by atoms with van der Waals surface area (Å²) in [6.07, 6.45) is 0.412. The largest absolute Gasteiger partial charge is 0.362 e. The van der Waals surface area contributed by atoms with Crippen LogP contribution in [-0.2, 0) is 16.1 Å². The number of rotatable bonds is 7. The Kier molecular flexibility index (Phi) is 5.75. The molecule has 124 valence electrons. The van der Waals surface area contributed by atoms with Crippen LogP contribution in [0.25, 0.3) is 0 Å². The molecule has 0 fully saturated rings. The first-order valence-electron chi connectivity index (χ1n) is 7.10. The van der Waals surface area contributed by atoms with Gasteiger partial charge in [-0.3, -0.25) is 4.79 Å². The molecule has 0 saturated heterocycles. The van der Waals surface area contributed by atoms with Gasteiger partial charge < -0.3 is 14.6 Å². The summed E-state index contributed by atoms with van der Waals surface area (Å²) < 4.78 is 37.0. The van der Waals surface area contributed by atoms with Crippen LogP contribution in [-0.4, -0.2) is 22.7 Å². The predicted octanol–water partition coefficient (Wildman–Crippen LogP) is 2.44. The van der Waals surface area contributed by atoms with Gasteiger partial charge in [0.15, 0.2) is 5.82 Å². The zero-order valence-corrected chi connectivity index (χ0v) is 12.8. The van der Waals surface area contributed by atoms with E-state index in [0.717, 1.165) is 18.2 Å². The normalized spacial score (nSPS) is 12.2. The van der Waals surface area contributed by atoms with Crippen LogP contribution < -0.4 is 5.32 Å². The zero-order chi connectivity index (χ0) is 16.8. The first kappa shape index (κ1) is 17.0. The fourth-order valence-electron chi connectivity index (χ4n) is 2.05. The van der Waals surface area contributed by atoms with Crippen LogP contribution in [0.3, 0.4) is 0 Å². The summed E-state index contributed by atoms with van der Waals surface area (Å²) in [5, 5.41) is 6.20. The second-order valence-electron chi connectivity index (χ2n) is 4.92. The Morgan fingerprint density at radius 1 is 1.43 bits per heavy atom. The summed E-state index contributed by atoms with van der Waals surface area (Å²) in [4.78, 5) is 15.8. The Morgan fingerprint density at radius 2 is 2.22 bits per heavy atom. The number of benzene rings is 1. The third kappa shape index (κ3) is 4.82. The standard InChI is InChI=1S/C15H17F2N3O3/c1-3-13(11-6-10(16)4-5-12(11)17)19-14(21)7-22-8-15-18-9(2)20-23-15/h4-6,13H,3,7-8H2,1-2H3,(H,19,21). The lowest BCUT2D eigenvalue weighted by Gasteiger charge is -2.18. The van der Waals surface area contributed by atoms with Gasteiger partial charge in [-0.05, 0) is 31.5 Å². The number of nitrogens with zero attached hydrogens (tertiary/aromatic N) is 2. The molecule has 6 nitrogen and oxygen atoms in total. The number of hydrogen-bond donors (Lipinski definition) is 1. The lowest BCUT2D eigenvalue weighted by molar-refractivity contribution is -0.127. The van der Waals surface area contributed by atoms with Crippen LogP contribution in [0.2, 0.25) is 0 Å². The van der Waals surface area contributed by atoms with Crippen LogP contribution in [0.1, 0.15) is 36.7 Å². The Hall–Kier alpha value is -2.35. The van der Waals surface area contributed by atoms with Crippen molar-refractivity contribution in [3.05, 3.63) is 47.1 Å². The molecular weight excluding hydrogens is 308 g/mol. The Morgan fingerprint density at radius 3 is 2.87 bits per heavy atom. The lowest BCUT2D eigenvalue weighted by atomic mass is 10.0. The highest BCUT2D eigenvalue weighted by molar-refractivity contribution is 5.77. The maximum Gasteiger partial charge on any atom is 0.252 e. The Balaban J connectivity index is 1.88. The molecule has 1 atom stereocenters. The van der Waals surface area contributed by atoms with Gasteiger partial charge in [0.25, 0.3) is 5.89 Å². The van der Waals surface area contributed by atoms with Crippen LogP contribution in [0.15, 0.2) is 22.7 Å². The molecule has 0 spiro atoms. The number of amides is 1. The van der Waals surface area contributed by atoms with Gasteiger partial charge in [-0.1, -0.05) is 12.1 Å². The molecule has 1 unspecified atom stereocenters. The molecule has 0 saturated carbocycles. The number of aromatic nitrogens is 2. The molecule has 2 rings (SSSR count). The molecule has 8 heteroatoms. The first-order chi connectivity index (χ1) is 11.0. The van der Waals surface area contributed by atoms with Gasteiger partial charge in [0.1, 0.15) is 24.8 Å². The highest BCUT2D eigenvalue weighted by Crippen LogP contribution is 2.21. The van der Waals surface area contributed by atoms with Gasteiger partial charge >= 0.3 is 0 Å². The number of ether oxygens (including phenoxy) is 1. The summed E-state index contributed by atoms with van der Waals surface area (Å²) in [5.41, 5.74) is 0.105. The van der Waals surface area contributed by atoms with Crippen molar-refractivity contribution >= 4 is 5.91 Å². The van der Waals surface area contributed by atoms with E-state index in [4.69, 9.17) is 9.26 Å². The molecule has 0 bridgehead atoms. The Bertz CT molecular complexity index is 676. The number of carbonyl (C=O) groups is 1. The summed E-state index contributed by atoms with van der Waals surface area (Å²) in [7, 11) is 0. The molecule has 1 aromatic heterocycles. The van der Waals surface area contributed by atoms with E-state index in [0.29, 0.717) is 12.2 Å².